The van der Waals surface area contributed by atoms with Gasteiger partial charge in [0, 0.05) is 44.3 Å². The zero-order valence-corrected chi connectivity index (χ0v) is 55.6. The van der Waals surface area contributed by atoms with Crippen LogP contribution in [0.2, 0.25) is 0 Å². The maximum Gasteiger partial charge on any atom is 0.268 e. The fourth-order valence-corrected chi connectivity index (χ4v) is 11.3. The van der Waals surface area contributed by atoms with Gasteiger partial charge in [-0.3, -0.25) is 4.57 Å². The molecular formula is C79H84N4OPt-2. The van der Waals surface area contributed by atoms with Gasteiger partial charge in [-0.25, -0.2) is 4.98 Å². The molecule has 0 aliphatic heterocycles. The Hall–Kier alpha value is -7.33. The summed E-state index contributed by atoms with van der Waals surface area (Å²) >= 11 is 0. The average Bonchev–Trinajstić information content (AvgIpc) is 1.78. The van der Waals surface area contributed by atoms with E-state index in [1.54, 1.807) is 6.92 Å². The van der Waals surface area contributed by atoms with Crippen LogP contribution < -0.4 is 9.30 Å². The molecule has 6 heteroatoms. The normalized spacial score (nSPS) is 13.4. The van der Waals surface area contributed by atoms with E-state index in [4.69, 9.17) is 13.8 Å². The van der Waals surface area contributed by atoms with E-state index < -0.39 is 5.41 Å². The van der Waals surface area contributed by atoms with Crippen LogP contribution in [0.15, 0.2) is 164 Å². The largest absolute Gasteiger partial charge is 0.510 e. The second-order valence-corrected chi connectivity index (χ2v) is 29.3. The van der Waals surface area contributed by atoms with Crippen LogP contribution in [0.3, 0.4) is 0 Å². The molecule has 11 aromatic rings. The first kappa shape index (κ1) is 55.5. The van der Waals surface area contributed by atoms with Gasteiger partial charge in [-0.05, 0) is 153 Å². The molecule has 0 amide bonds. The van der Waals surface area contributed by atoms with Crippen LogP contribution in [-0.2, 0) is 53.6 Å². The van der Waals surface area contributed by atoms with E-state index in [1.807, 2.05) is 24.4 Å². The molecule has 0 N–H and O–H groups in total. The van der Waals surface area contributed by atoms with Crippen molar-refractivity contribution < 1.29 is 35.9 Å². The molecule has 3 heterocycles. The number of nitrogens with zero attached hydrogens (tertiary/aromatic N) is 4. The maximum absolute atomic E-state index is 9.45. The molecule has 11 rings (SSSR count). The summed E-state index contributed by atoms with van der Waals surface area (Å²) in [5.74, 6) is 1.86. The van der Waals surface area contributed by atoms with Crippen LogP contribution in [0, 0.1) is 25.4 Å². The Balaban J connectivity index is 0.00000873. The van der Waals surface area contributed by atoms with Crippen molar-refractivity contribution in [3.05, 3.63) is 221 Å². The van der Waals surface area contributed by atoms with Crippen molar-refractivity contribution in [2.75, 3.05) is 0 Å². The number of hydrogen-bond acceptors (Lipinski definition) is 2. The van der Waals surface area contributed by atoms with Crippen molar-refractivity contribution in [3.8, 4) is 62.1 Å². The number of hydrogen-bond donors (Lipinski definition) is 0. The van der Waals surface area contributed by atoms with Crippen LogP contribution >= 0.6 is 0 Å². The second kappa shape index (κ2) is 21.9. The van der Waals surface area contributed by atoms with E-state index >= 15 is 0 Å². The van der Waals surface area contributed by atoms with Gasteiger partial charge in [-0.1, -0.05) is 227 Å². The minimum Gasteiger partial charge on any atom is -0.510 e. The van der Waals surface area contributed by atoms with Crippen LogP contribution in [-0.4, -0.2) is 14.1 Å². The Morgan fingerprint density at radius 3 is 1.69 bits per heavy atom. The van der Waals surface area contributed by atoms with Crippen molar-refractivity contribution in [3.63, 3.8) is 0 Å². The summed E-state index contributed by atoms with van der Waals surface area (Å²) in [4.78, 5) is 4.92. The molecule has 3 aromatic heterocycles. The number of fused-ring (bicyclic) bond motifs is 4. The van der Waals surface area contributed by atoms with E-state index in [1.165, 1.54) is 27.8 Å². The number of pyridine rings is 1. The van der Waals surface area contributed by atoms with Gasteiger partial charge in [0.2, 0.25) is 0 Å². The van der Waals surface area contributed by atoms with Crippen molar-refractivity contribution in [2.24, 2.45) is 0 Å². The fourth-order valence-electron chi connectivity index (χ4n) is 11.3. The SMILES string of the molecule is [2H]c1c([2H])c([2H])c(-c2cc(-c3cc(C(C)(C)C)cc(C(C)(C)C)c3)c(-[n+]3[c-]n(-c4[c-]c(Oc5[c-]c6c(cc5)c5ccccc5n6-c5cc(C(C)(C)C)ccn5)ccc4)c4cc(-c5cc(C(C)(C)C)cc(C(C)(C)C)c5)ccc43)c(C(C)(C)C)c2)c(C)c1[2H].[Pt]. The van der Waals surface area contributed by atoms with Gasteiger partial charge in [0.05, 0.1) is 22.2 Å². The third-order valence-electron chi connectivity index (χ3n) is 16.5. The van der Waals surface area contributed by atoms with E-state index in [9.17, 15) is 1.37 Å². The number of benzene rings is 8. The number of imidazole rings is 1. The number of ether oxygens (including phenoxy) is 1. The number of para-hydroxylation sites is 1. The molecule has 0 spiro atoms. The quantitative estimate of drug-likeness (QED) is 0.112. The van der Waals surface area contributed by atoms with Gasteiger partial charge < -0.3 is 13.9 Å². The standard InChI is InChI=1S/C79H84N4O.Pt/c1-50-25-20-21-28-63(50)54-41-66(53-39-58(77(11,12)13)45-59(40-53)78(14,15)16)73(67(42-54)79(17,18)19)82-49-81(71-43-51(31-34-69(71)82)52-37-56(75(5,6)7)44-57(38-52)76(8,9)10)60-26-24-27-61(47-60)84-62-32-33-65-64-29-22-23-30-68(64)83(70(65)48-62)72-46-55(35-36-80-72)74(2,3)4;/h20-46H,1-19H3;/q-2;/i20D,21D,25D,28D;. The zero-order chi connectivity index (χ0) is 63.7. The Bertz CT molecular complexity index is 4510. The summed E-state index contributed by atoms with van der Waals surface area (Å²) < 4.78 is 49.5. The van der Waals surface area contributed by atoms with Gasteiger partial charge in [-0.2, -0.15) is 18.2 Å². The maximum atomic E-state index is 9.45. The molecule has 0 saturated heterocycles. The predicted molar refractivity (Wildman–Crippen MR) is 353 cm³/mol. The van der Waals surface area contributed by atoms with E-state index in [-0.39, 0.29) is 72.3 Å². The topological polar surface area (TPSA) is 35.9 Å². The molecule has 0 fully saturated rings. The van der Waals surface area contributed by atoms with Gasteiger partial charge >= 0.3 is 0 Å². The van der Waals surface area contributed by atoms with E-state index in [0.717, 1.165) is 77.7 Å². The molecule has 8 aromatic carbocycles. The van der Waals surface area contributed by atoms with E-state index in [2.05, 4.69) is 272 Å². The summed E-state index contributed by atoms with van der Waals surface area (Å²) in [6.45, 7) is 42.3. The van der Waals surface area contributed by atoms with Crippen molar-refractivity contribution >= 4 is 32.8 Å². The molecule has 0 aliphatic rings. The summed E-state index contributed by atoms with van der Waals surface area (Å²) in [6.07, 6.45) is 5.86. The minimum atomic E-state index is -0.506. The molecule has 0 atom stereocenters. The zero-order valence-electron chi connectivity index (χ0n) is 57.3. The van der Waals surface area contributed by atoms with Crippen LogP contribution in [0.4, 0.5) is 0 Å². The Morgan fingerprint density at radius 1 is 0.482 bits per heavy atom. The summed E-state index contributed by atoms with van der Waals surface area (Å²) in [7, 11) is 0. The molecular weight excluding hydrogens is 1220 g/mol. The molecule has 0 bridgehead atoms. The number of rotatable bonds is 8. The Kier molecular flexibility index (Phi) is 14.3. The van der Waals surface area contributed by atoms with E-state index in [0.29, 0.717) is 28.3 Å². The molecule has 0 saturated carbocycles. The Morgan fingerprint density at radius 2 is 1.07 bits per heavy atom. The fraction of sp³-hybridized carbons (Fsp3) is 0.316. The van der Waals surface area contributed by atoms with Crippen LogP contribution in [0.5, 0.6) is 11.5 Å². The van der Waals surface area contributed by atoms with Crippen LogP contribution in [0.1, 0.15) is 169 Å². The van der Waals surface area contributed by atoms with Crippen molar-refractivity contribution in [1.29, 1.82) is 0 Å². The smallest absolute Gasteiger partial charge is 0.268 e. The summed E-state index contributed by atoms with van der Waals surface area (Å²) in [5, 5.41) is 2.15. The molecule has 85 heavy (non-hydrogen) atoms. The van der Waals surface area contributed by atoms with Gasteiger partial charge in [0.25, 0.3) is 6.33 Å². The third-order valence-corrected chi connectivity index (χ3v) is 16.5. The van der Waals surface area contributed by atoms with Crippen molar-refractivity contribution in [1.82, 2.24) is 14.1 Å². The monoisotopic (exact) mass is 1300 g/mol. The van der Waals surface area contributed by atoms with Gasteiger partial charge in [-0.15, -0.1) is 29.7 Å². The second-order valence-electron chi connectivity index (χ2n) is 29.3. The molecule has 0 radical (unpaired) electrons. The average molecular weight is 1300 g/mol. The molecule has 0 aliphatic carbocycles. The third kappa shape index (κ3) is 12.0. The Labute approximate surface area is 527 Å². The van der Waals surface area contributed by atoms with Crippen LogP contribution in [0.25, 0.3) is 83.4 Å². The molecule has 5 nitrogen and oxygen atoms in total. The molecule has 0 unspecified atom stereocenters. The van der Waals surface area contributed by atoms with Gasteiger partial charge in [0.1, 0.15) is 5.82 Å². The summed E-state index contributed by atoms with van der Waals surface area (Å²) in [6, 6.07) is 54.6. The number of aromatic nitrogens is 4. The first-order chi connectivity index (χ1) is 41.0. The predicted octanol–water partition coefficient (Wildman–Crippen LogP) is 20.7. The minimum absolute atomic E-state index is 0. The van der Waals surface area contributed by atoms with Crippen molar-refractivity contribution in [2.45, 2.75) is 164 Å². The first-order valence-electron chi connectivity index (χ1n) is 31.7. The summed E-state index contributed by atoms with van der Waals surface area (Å²) in [5.41, 5.74) is 17.0. The first-order valence-corrected chi connectivity index (χ1v) is 29.7. The molecule has 438 valence electrons. The van der Waals surface area contributed by atoms with Gasteiger partial charge in [0.15, 0.2) is 0 Å².